The average molecular weight is 203 g/mol. The monoisotopic (exact) mass is 203 g/mol. The Hall–Kier alpha value is -1.15. The molecule has 1 fully saturated rings. The highest BCUT2D eigenvalue weighted by atomic mass is 16.3. The van der Waals surface area contributed by atoms with Gasteiger partial charge in [-0.2, -0.15) is 0 Å². The van der Waals surface area contributed by atoms with Crippen LogP contribution in [0, 0.1) is 0 Å². The molecule has 80 valence electrons. The van der Waals surface area contributed by atoms with Gasteiger partial charge in [0, 0.05) is 5.71 Å². The first-order chi connectivity index (χ1) is 7.27. The van der Waals surface area contributed by atoms with Crippen molar-refractivity contribution in [2.45, 2.75) is 38.3 Å². The Kier molecular flexibility index (Phi) is 3.17. The van der Waals surface area contributed by atoms with E-state index in [2.05, 4.69) is 24.0 Å². The van der Waals surface area contributed by atoms with Crippen LogP contribution in [0.2, 0.25) is 0 Å². The zero-order chi connectivity index (χ0) is 10.7. The molecule has 0 bridgehead atoms. The van der Waals surface area contributed by atoms with Gasteiger partial charge >= 0.3 is 0 Å². The summed E-state index contributed by atoms with van der Waals surface area (Å²) in [5.74, 6) is 0. The lowest BCUT2D eigenvalue weighted by molar-refractivity contribution is 0.241. The molecule has 1 aliphatic rings. The maximum atomic E-state index is 9.65. The van der Waals surface area contributed by atoms with Crippen LogP contribution in [-0.2, 0) is 0 Å². The van der Waals surface area contributed by atoms with Gasteiger partial charge in [-0.3, -0.25) is 4.99 Å². The summed E-state index contributed by atoms with van der Waals surface area (Å²) in [4.78, 5) is 4.59. The van der Waals surface area contributed by atoms with Crippen LogP contribution >= 0.6 is 0 Å². The number of aliphatic hydroxyl groups excluding tert-OH is 1. The third-order valence-corrected chi connectivity index (χ3v) is 2.94. The van der Waals surface area contributed by atoms with Gasteiger partial charge in [-0.25, -0.2) is 0 Å². The molecule has 0 saturated heterocycles. The number of rotatable bonds is 2. The minimum Gasteiger partial charge on any atom is -0.387 e. The van der Waals surface area contributed by atoms with E-state index in [0.717, 1.165) is 25.0 Å². The molecule has 2 atom stereocenters. The van der Waals surface area contributed by atoms with Gasteiger partial charge in [0.05, 0.1) is 12.1 Å². The molecule has 1 aliphatic carbocycles. The van der Waals surface area contributed by atoms with E-state index in [9.17, 15) is 5.11 Å². The van der Waals surface area contributed by atoms with Crippen molar-refractivity contribution in [2.75, 3.05) is 0 Å². The normalized spacial score (nSPS) is 25.7. The molecule has 1 aromatic rings. The van der Waals surface area contributed by atoms with Crippen molar-refractivity contribution in [1.29, 1.82) is 0 Å². The first kappa shape index (κ1) is 10.4. The van der Waals surface area contributed by atoms with E-state index < -0.39 is 0 Å². The van der Waals surface area contributed by atoms with E-state index in [-0.39, 0.29) is 12.1 Å². The quantitative estimate of drug-likeness (QED) is 0.787. The number of benzene rings is 1. The number of aliphatic imine (C=N–C) groups is 1. The highest BCUT2D eigenvalue weighted by molar-refractivity contribution is 5.90. The Morgan fingerprint density at radius 2 is 2.07 bits per heavy atom. The standard InChI is InChI=1S/C13H17NO/c1-10(11-6-3-2-4-7-11)14-12-8-5-9-13(12)15/h2-4,6-7,10,13,15H,5,8-9H2,1H3/t10-,13+/m0/s1. The van der Waals surface area contributed by atoms with Gasteiger partial charge in [0.15, 0.2) is 0 Å². The second kappa shape index (κ2) is 4.58. The second-order valence-corrected chi connectivity index (χ2v) is 4.12. The molecule has 2 nitrogen and oxygen atoms in total. The molecule has 0 aliphatic heterocycles. The summed E-state index contributed by atoms with van der Waals surface area (Å²) >= 11 is 0. The number of hydrogen-bond donors (Lipinski definition) is 1. The van der Waals surface area contributed by atoms with Crippen molar-refractivity contribution in [3.05, 3.63) is 35.9 Å². The Labute approximate surface area is 90.7 Å². The molecule has 0 spiro atoms. The zero-order valence-electron chi connectivity index (χ0n) is 9.06. The average Bonchev–Trinajstić information content (AvgIpc) is 2.66. The molecule has 0 unspecified atom stereocenters. The lowest BCUT2D eigenvalue weighted by Crippen LogP contribution is -2.13. The van der Waals surface area contributed by atoms with Gasteiger partial charge in [-0.15, -0.1) is 0 Å². The van der Waals surface area contributed by atoms with E-state index in [1.165, 1.54) is 5.56 Å². The largest absolute Gasteiger partial charge is 0.387 e. The molecule has 0 amide bonds. The molecule has 2 heteroatoms. The van der Waals surface area contributed by atoms with Crippen molar-refractivity contribution in [3.63, 3.8) is 0 Å². The molecular formula is C13H17NO. The summed E-state index contributed by atoms with van der Waals surface area (Å²) in [6, 6.07) is 10.4. The van der Waals surface area contributed by atoms with E-state index in [1.807, 2.05) is 18.2 Å². The minimum absolute atomic E-state index is 0.161. The summed E-state index contributed by atoms with van der Waals surface area (Å²) < 4.78 is 0. The summed E-state index contributed by atoms with van der Waals surface area (Å²) in [7, 11) is 0. The molecule has 1 aromatic carbocycles. The van der Waals surface area contributed by atoms with Gasteiger partial charge in [0.1, 0.15) is 0 Å². The van der Waals surface area contributed by atoms with Crippen LogP contribution in [0.5, 0.6) is 0 Å². The zero-order valence-corrected chi connectivity index (χ0v) is 9.06. The molecule has 0 aromatic heterocycles. The first-order valence-corrected chi connectivity index (χ1v) is 5.57. The summed E-state index contributed by atoms with van der Waals surface area (Å²) in [6.07, 6.45) is 2.61. The fourth-order valence-corrected chi connectivity index (χ4v) is 2.02. The lowest BCUT2D eigenvalue weighted by Gasteiger charge is -2.10. The molecule has 1 saturated carbocycles. The van der Waals surface area contributed by atoms with Crippen LogP contribution in [-0.4, -0.2) is 16.9 Å². The highest BCUT2D eigenvalue weighted by Crippen LogP contribution is 2.22. The fourth-order valence-electron chi connectivity index (χ4n) is 2.02. The van der Waals surface area contributed by atoms with Crippen LogP contribution in [0.4, 0.5) is 0 Å². The van der Waals surface area contributed by atoms with E-state index >= 15 is 0 Å². The topological polar surface area (TPSA) is 32.6 Å². The molecule has 15 heavy (non-hydrogen) atoms. The smallest absolute Gasteiger partial charge is 0.0916 e. The molecule has 1 N–H and O–H groups in total. The highest BCUT2D eigenvalue weighted by Gasteiger charge is 2.20. The van der Waals surface area contributed by atoms with Crippen molar-refractivity contribution in [2.24, 2.45) is 4.99 Å². The SMILES string of the molecule is C[C@H](N=C1CCC[C@H]1O)c1ccccc1. The molecule has 0 radical (unpaired) electrons. The van der Waals surface area contributed by atoms with Crippen molar-refractivity contribution in [3.8, 4) is 0 Å². The Morgan fingerprint density at radius 3 is 2.67 bits per heavy atom. The Bertz CT molecular complexity index is 345. The van der Waals surface area contributed by atoms with Gasteiger partial charge in [0.25, 0.3) is 0 Å². The first-order valence-electron chi connectivity index (χ1n) is 5.57. The van der Waals surface area contributed by atoms with Crippen molar-refractivity contribution < 1.29 is 5.11 Å². The fraction of sp³-hybridized carbons (Fsp3) is 0.462. The number of nitrogens with zero attached hydrogens (tertiary/aromatic N) is 1. The summed E-state index contributed by atoms with van der Waals surface area (Å²) in [5, 5.41) is 9.65. The van der Waals surface area contributed by atoms with Crippen LogP contribution < -0.4 is 0 Å². The third kappa shape index (κ3) is 2.45. The van der Waals surface area contributed by atoms with E-state index in [0.29, 0.717) is 0 Å². The second-order valence-electron chi connectivity index (χ2n) is 4.12. The third-order valence-electron chi connectivity index (χ3n) is 2.94. The van der Waals surface area contributed by atoms with Gasteiger partial charge in [0.2, 0.25) is 0 Å². The number of hydrogen-bond acceptors (Lipinski definition) is 2. The van der Waals surface area contributed by atoms with Gasteiger partial charge in [-0.05, 0) is 31.7 Å². The summed E-state index contributed by atoms with van der Waals surface area (Å²) in [5.41, 5.74) is 2.19. The maximum absolute atomic E-state index is 9.65. The van der Waals surface area contributed by atoms with Crippen LogP contribution in [0.25, 0.3) is 0 Å². The van der Waals surface area contributed by atoms with Crippen LogP contribution in [0.3, 0.4) is 0 Å². The predicted molar refractivity (Wildman–Crippen MR) is 62.1 cm³/mol. The Balaban J connectivity index is 2.12. The van der Waals surface area contributed by atoms with Crippen molar-refractivity contribution >= 4 is 5.71 Å². The van der Waals surface area contributed by atoms with E-state index in [1.54, 1.807) is 0 Å². The molecular weight excluding hydrogens is 186 g/mol. The van der Waals surface area contributed by atoms with Gasteiger partial charge in [-0.1, -0.05) is 30.3 Å². The minimum atomic E-state index is -0.295. The van der Waals surface area contributed by atoms with Crippen LogP contribution in [0.15, 0.2) is 35.3 Å². The maximum Gasteiger partial charge on any atom is 0.0916 e. The molecule has 2 rings (SSSR count). The lowest BCUT2D eigenvalue weighted by atomic mass is 10.1. The van der Waals surface area contributed by atoms with E-state index in [4.69, 9.17) is 0 Å². The number of aliphatic hydroxyl groups is 1. The van der Waals surface area contributed by atoms with Crippen LogP contribution in [0.1, 0.15) is 37.8 Å². The predicted octanol–water partition coefficient (Wildman–Crippen LogP) is 2.73. The Morgan fingerprint density at radius 1 is 1.33 bits per heavy atom. The molecule has 0 heterocycles. The van der Waals surface area contributed by atoms with Crippen molar-refractivity contribution in [1.82, 2.24) is 0 Å². The summed E-state index contributed by atoms with van der Waals surface area (Å²) in [6.45, 7) is 2.08. The van der Waals surface area contributed by atoms with Gasteiger partial charge < -0.3 is 5.11 Å².